The number of carboxylic acid groups (broad SMARTS) is 1. The number of ether oxygens (including phenoxy) is 1. The smallest absolute Gasteiger partial charge is 0.323 e. The lowest BCUT2D eigenvalue weighted by molar-refractivity contribution is -0.153. The standard InChI is InChI=1S/C22H23NO4/c23-22(21(25)26)11-5-6-14(12-22)20(24)27-13-19-17-9-3-1-7-15(17)16-8-2-4-10-18(16)19/h1-4,7-10,14,19H,5-6,11-13,23H2,(H,25,26)/t14-,22+/m0/s1. The van der Waals surface area contributed by atoms with Crippen molar-refractivity contribution in [2.45, 2.75) is 37.1 Å². The van der Waals surface area contributed by atoms with Crippen LogP contribution in [0.1, 0.15) is 42.7 Å². The molecule has 0 saturated heterocycles. The predicted molar refractivity (Wildman–Crippen MR) is 101 cm³/mol. The highest BCUT2D eigenvalue weighted by Gasteiger charge is 2.42. The van der Waals surface area contributed by atoms with Gasteiger partial charge in [-0.1, -0.05) is 55.0 Å². The lowest BCUT2D eigenvalue weighted by Crippen LogP contribution is -2.52. The number of aliphatic carboxylic acids is 1. The number of hydrogen-bond acceptors (Lipinski definition) is 4. The first kappa shape index (κ1) is 17.7. The van der Waals surface area contributed by atoms with Crippen LogP contribution >= 0.6 is 0 Å². The Morgan fingerprint density at radius 1 is 1.07 bits per heavy atom. The van der Waals surface area contributed by atoms with Crippen LogP contribution in [0.3, 0.4) is 0 Å². The Labute approximate surface area is 158 Å². The molecule has 1 saturated carbocycles. The van der Waals surface area contributed by atoms with Crippen molar-refractivity contribution in [1.82, 2.24) is 0 Å². The molecule has 0 aliphatic heterocycles. The van der Waals surface area contributed by atoms with E-state index >= 15 is 0 Å². The summed E-state index contributed by atoms with van der Waals surface area (Å²) < 4.78 is 5.66. The topological polar surface area (TPSA) is 89.6 Å². The Kier molecular flexibility index (Phi) is 4.48. The first-order valence-electron chi connectivity index (χ1n) is 9.37. The van der Waals surface area contributed by atoms with Gasteiger partial charge in [0.05, 0.1) is 5.92 Å². The summed E-state index contributed by atoms with van der Waals surface area (Å²) in [7, 11) is 0. The van der Waals surface area contributed by atoms with Crippen molar-refractivity contribution in [2.24, 2.45) is 11.7 Å². The molecule has 0 aromatic heterocycles. The van der Waals surface area contributed by atoms with E-state index in [2.05, 4.69) is 24.3 Å². The van der Waals surface area contributed by atoms with Crippen LogP contribution in [-0.2, 0) is 14.3 Å². The van der Waals surface area contributed by atoms with E-state index in [0.29, 0.717) is 19.3 Å². The molecule has 3 N–H and O–H groups in total. The van der Waals surface area contributed by atoms with Gasteiger partial charge in [-0.05, 0) is 41.5 Å². The molecule has 2 aliphatic carbocycles. The van der Waals surface area contributed by atoms with Gasteiger partial charge in [0.2, 0.25) is 0 Å². The first-order chi connectivity index (χ1) is 13.0. The largest absolute Gasteiger partial charge is 0.480 e. The number of carbonyl (C=O) groups excluding carboxylic acids is 1. The molecular formula is C22H23NO4. The highest BCUT2D eigenvalue weighted by atomic mass is 16.5. The lowest BCUT2D eigenvalue weighted by atomic mass is 9.76. The predicted octanol–water partition coefficient (Wildman–Crippen LogP) is 3.31. The average molecular weight is 365 g/mol. The second-order valence-corrected chi connectivity index (χ2v) is 7.61. The van der Waals surface area contributed by atoms with Gasteiger partial charge in [0.1, 0.15) is 12.1 Å². The molecule has 5 heteroatoms. The average Bonchev–Trinajstić information content (AvgIpc) is 3.00. The fraction of sp³-hybridized carbons (Fsp3) is 0.364. The molecule has 0 bridgehead atoms. The van der Waals surface area contributed by atoms with Gasteiger partial charge in [0, 0.05) is 5.92 Å². The molecule has 27 heavy (non-hydrogen) atoms. The van der Waals surface area contributed by atoms with Gasteiger partial charge >= 0.3 is 11.9 Å². The fourth-order valence-corrected chi connectivity index (χ4v) is 4.43. The Balaban J connectivity index is 1.49. The number of benzene rings is 2. The van der Waals surface area contributed by atoms with Crippen LogP contribution in [-0.4, -0.2) is 29.2 Å². The molecular weight excluding hydrogens is 342 g/mol. The molecule has 2 aliphatic rings. The number of nitrogens with two attached hydrogens (primary N) is 1. The molecule has 2 aromatic carbocycles. The van der Waals surface area contributed by atoms with Crippen LogP contribution in [0.4, 0.5) is 0 Å². The van der Waals surface area contributed by atoms with E-state index in [1.54, 1.807) is 0 Å². The minimum Gasteiger partial charge on any atom is -0.480 e. The van der Waals surface area contributed by atoms with Gasteiger partial charge in [0.25, 0.3) is 0 Å². The maximum Gasteiger partial charge on any atom is 0.323 e. The molecule has 5 nitrogen and oxygen atoms in total. The molecule has 140 valence electrons. The normalized spacial score (nSPS) is 24.1. The third kappa shape index (κ3) is 3.12. The molecule has 2 atom stereocenters. The highest BCUT2D eigenvalue weighted by molar-refractivity contribution is 5.81. The maximum absolute atomic E-state index is 12.6. The molecule has 4 rings (SSSR count). The number of hydrogen-bond donors (Lipinski definition) is 2. The second kappa shape index (κ2) is 6.82. The zero-order chi connectivity index (χ0) is 19.0. The van der Waals surface area contributed by atoms with Crippen LogP contribution < -0.4 is 5.73 Å². The van der Waals surface area contributed by atoms with Crippen molar-refractivity contribution in [3.8, 4) is 11.1 Å². The highest BCUT2D eigenvalue weighted by Crippen LogP contribution is 2.44. The van der Waals surface area contributed by atoms with Gasteiger partial charge in [0.15, 0.2) is 0 Å². The number of carbonyl (C=O) groups is 2. The summed E-state index contributed by atoms with van der Waals surface area (Å²) in [4.78, 5) is 24.0. The minimum atomic E-state index is -1.32. The minimum absolute atomic E-state index is 0.00653. The quantitative estimate of drug-likeness (QED) is 0.812. The SMILES string of the molecule is N[C@]1(C(=O)O)CCC[C@H](C(=O)OCC2c3ccccc3-c3ccccc32)C1. The summed E-state index contributed by atoms with van der Waals surface area (Å²) in [6.07, 6.45) is 1.79. The summed E-state index contributed by atoms with van der Waals surface area (Å²) in [6.45, 7) is 0.258. The van der Waals surface area contributed by atoms with E-state index in [1.807, 2.05) is 24.3 Å². The number of fused-ring (bicyclic) bond motifs is 3. The van der Waals surface area contributed by atoms with Crippen molar-refractivity contribution in [3.05, 3.63) is 59.7 Å². The molecule has 0 amide bonds. The lowest BCUT2D eigenvalue weighted by Gasteiger charge is -2.33. The number of carboxylic acids is 1. The number of esters is 1. The van der Waals surface area contributed by atoms with Crippen molar-refractivity contribution >= 4 is 11.9 Å². The van der Waals surface area contributed by atoms with Gasteiger partial charge in [-0.2, -0.15) is 0 Å². The molecule has 0 heterocycles. The molecule has 1 fully saturated rings. The van der Waals surface area contributed by atoms with E-state index in [1.165, 1.54) is 11.1 Å². The van der Waals surface area contributed by atoms with Crippen molar-refractivity contribution in [1.29, 1.82) is 0 Å². The Morgan fingerprint density at radius 3 is 2.26 bits per heavy atom. The second-order valence-electron chi connectivity index (χ2n) is 7.61. The molecule has 0 spiro atoms. The van der Waals surface area contributed by atoms with Gasteiger partial charge in [-0.3, -0.25) is 9.59 Å². The van der Waals surface area contributed by atoms with Crippen LogP contribution in [0.15, 0.2) is 48.5 Å². The zero-order valence-corrected chi connectivity index (χ0v) is 15.1. The van der Waals surface area contributed by atoms with Crippen LogP contribution in [0.2, 0.25) is 0 Å². The summed E-state index contributed by atoms with van der Waals surface area (Å²) >= 11 is 0. The van der Waals surface area contributed by atoms with Gasteiger partial charge < -0.3 is 15.6 Å². The third-order valence-electron chi connectivity index (χ3n) is 5.90. The van der Waals surface area contributed by atoms with Crippen LogP contribution in [0, 0.1) is 5.92 Å². The van der Waals surface area contributed by atoms with Gasteiger partial charge in [-0.15, -0.1) is 0 Å². The van der Waals surface area contributed by atoms with E-state index in [0.717, 1.165) is 11.1 Å². The monoisotopic (exact) mass is 365 g/mol. The molecule has 0 unspecified atom stereocenters. The van der Waals surface area contributed by atoms with Crippen LogP contribution in [0.5, 0.6) is 0 Å². The number of rotatable bonds is 4. The maximum atomic E-state index is 12.6. The van der Waals surface area contributed by atoms with Crippen molar-refractivity contribution in [3.63, 3.8) is 0 Å². The Hall–Kier alpha value is -2.66. The Morgan fingerprint density at radius 2 is 1.67 bits per heavy atom. The summed E-state index contributed by atoms with van der Waals surface area (Å²) in [6, 6.07) is 16.3. The third-order valence-corrected chi connectivity index (χ3v) is 5.90. The van der Waals surface area contributed by atoms with Crippen LogP contribution in [0.25, 0.3) is 11.1 Å². The summed E-state index contributed by atoms with van der Waals surface area (Å²) in [5.74, 6) is -1.83. The zero-order valence-electron chi connectivity index (χ0n) is 15.1. The van der Waals surface area contributed by atoms with Gasteiger partial charge in [-0.25, -0.2) is 0 Å². The first-order valence-corrected chi connectivity index (χ1v) is 9.37. The fourth-order valence-electron chi connectivity index (χ4n) is 4.43. The summed E-state index contributed by atoms with van der Waals surface area (Å²) in [5.41, 5.74) is 9.32. The van der Waals surface area contributed by atoms with Crippen molar-refractivity contribution in [2.75, 3.05) is 6.61 Å². The Bertz CT molecular complexity index is 848. The summed E-state index contributed by atoms with van der Waals surface area (Å²) in [5, 5.41) is 9.34. The van der Waals surface area contributed by atoms with Crippen molar-refractivity contribution < 1.29 is 19.4 Å². The van der Waals surface area contributed by atoms with E-state index < -0.39 is 17.4 Å². The molecule has 0 radical (unpaired) electrons. The van der Waals surface area contributed by atoms with E-state index in [4.69, 9.17) is 10.5 Å². The van der Waals surface area contributed by atoms with E-state index in [-0.39, 0.29) is 24.9 Å². The van der Waals surface area contributed by atoms with E-state index in [9.17, 15) is 14.7 Å². The molecule has 2 aromatic rings.